The SMILES string of the molecule is CC(CCBr)c1ccc(Oc2ccccc2)cc1. The Labute approximate surface area is 117 Å². The molecule has 0 aliphatic rings. The van der Waals surface area contributed by atoms with E-state index in [1.54, 1.807) is 0 Å². The van der Waals surface area contributed by atoms with Crippen molar-refractivity contribution in [2.45, 2.75) is 19.3 Å². The summed E-state index contributed by atoms with van der Waals surface area (Å²) in [5.74, 6) is 2.34. The van der Waals surface area contributed by atoms with E-state index in [0.717, 1.165) is 23.2 Å². The van der Waals surface area contributed by atoms with Gasteiger partial charge < -0.3 is 4.74 Å². The van der Waals surface area contributed by atoms with Crippen LogP contribution in [0.4, 0.5) is 0 Å². The van der Waals surface area contributed by atoms with Gasteiger partial charge in [0.25, 0.3) is 0 Å². The van der Waals surface area contributed by atoms with Crippen LogP contribution >= 0.6 is 15.9 Å². The third-order valence-electron chi connectivity index (χ3n) is 2.97. The zero-order chi connectivity index (χ0) is 12.8. The van der Waals surface area contributed by atoms with Crippen LogP contribution in [0.25, 0.3) is 0 Å². The molecule has 0 spiro atoms. The van der Waals surface area contributed by atoms with E-state index in [1.165, 1.54) is 5.56 Å². The lowest BCUT2D eigenvalue weighted by Crippen LogP contribution is -1.94. The molecule has 0 aliphatic heterocycles. The molecule has 0 bridgehead atoms. The highest BCUT2D eigenvalue weighted by atomic mass is 79.9. The summed E-state index contributed by atoms with van der Waals surface area (Å²) in [5.41, 5.74) is 1.36. The third kappa shape index (κ3) is 3.61. The zero-order valence-corrected chi connectivity index (χ0v) is 12.1. The highest BCUT2D eigenvalue weighted by molar-refractivity contribution is 9.09. The lowest BCUT2D eigenvalue weighted by atomic mass is 9.99. The number of ether oxygens (including phenoxy) is 1. The minimum absolute atomic E-state index is 0.579. The Kier molecular flexibility index (Phi) is 4.82. The van der Waals surface area contributed by atoms with E-state index in [-0.39, 0.29) is 0 Å². The number of alkyl halides is 1. The largest absolute Gasteiger partial charge is 0.457 e. The van der Waals surface area contributed by atoms with Crippen molar-refractivity contribution in [3.05, 3.63) is 60.2 Å². The van der Waals surface area contributed by atoms with Crippen molar-refractivity contribution in [3.8, 4) is 11.5 Å². The molecule has 1 atom stereocenters. The van der Waals surface area contributed by atoms with Crippen LogP contribution in [-0.4, -0.2) is 5.33 Å². The van der Waals surface area contributed by atoms with Gasteiger partial charge in [0, 0.05) is 5.33 Å². The summed E-state index contributed by atoms with van der Waals surface area (Å²) in [6, 6.07) is 18.2. The van der Waals surface area contributed by atoms with Crippen LogP contribution in [0.5, 0.6) is 11.5 Å². The summed E-state index contributed by atoms with van der Waals surface area (Å²) >= 11 is 3.48. The van der Waals surface area contributed by atoms with Crippen molar-refractivity contribution in [2.75, 3.05) is 5.33 Å². The second-order valence-corrected chi connectivity index (χ2v) is 5.16. The average Bonchev–Trinajstić information content (AvgIpc) is 2.41. The molecule has 0 saturated carbocycles. The van der Waals surface area contributed by atoms with E-state index in [1.807, 2.05) is 42.5 Å². The molecule has 18 heavy (non-hydrogen) atoms. The van der Waals surface area contributed by atoms with Crippen molar-refractivity contribution < 1.29 is 4.74 Å². The summed E-state index contributed by atoms with van der Waals surface area (Å²) in [7, 11) is 0. The first-order valence-electron chi connectivity index (χ1n) is 6.18. The molecule has 1 nitrogen and oxygen atoms in total. The van der Waals surface area contributed by atoms with Crippen LogP contribution in [0.15, 0.2) is 54.6 Å². The average molecular weight is 305 g/mol. The Morgan fingerprint density at radius 1 is 0.944 bits per heavy atom. The van der Waals surface area contributed by atoms with Crippen LogP contribution in [0.1, 0.15) is 24.8 Å². The van der Waals surface area contributed by atoms with Gasteiger partial charge in [0.15, 0.2) is 0 Å². The highest BCUT2D eigenvalue weighted by Gasteiger charge is 2.04. The van der Waals surface area contributed by atoms with Crippen molar-refractivity contribution in [1.82, 2.24) is 0 Å². The summed E-state index contributed by atoms with van der Waals surface area (Å²) < 4.78 is 5.76. The molecule has 0 fully saturated rings. The maximum Gasteiger partial charge on any atom is 0.127 e. The van der Waals surface area contributed by atoms with Gasteiger partial charge in [-0.15, -0.1) is 0 Å². The van der Waals surface area contributed by atoms with E-state index >= 15 is 0 Å². The molecule has 0 aromatic heterocycles. The molecule has 0 N–H and O–H groups in total. The predicted molar refractivity (Wildman–Crippen MR) is 79.8 cm³/mol. The van der Waals surface area contributed by atoms with Crippen LogP contribution in [0.2, 0.25) is 0 Å². The van der Waals surface area contributed by atoms with Gasteiger partial charge in [-0.2, -0.15) is 0 Å². The Bertz CT molecular complexity index is 464. The van der Waals surface area contributed by atoms with E-state index < -0.39 is 0 Å². The number of hydrogen-bond donors (Lipinski definition) is 0. The van der Waals surface area contributed by atoms with Crippen molar-refractivity contribution >= 4 is 15.9 Å². The maximum absolute atomic E-state index is 5.76. The number of halogens is 1. The first-order chi connectivity index (χ1) is 8.79. The van der Waals surface area contributed by atoms with Crippen molar-refractivity contribution in [3.63, 3.8) is 0 Å². The van der Waals surface area contributed by atoms with E-state index in [9.17, 15) is 0 Å². The summed E-state index contributed by atoms with van der Waals surface area (Å²) in [6.45, 7) is 2.24. The topological polar surface area (TPSA) is 9.23 Å². The van der Waals surface area contributed by atoms with Gasteiger partial charge in [-0.05, 0) is 42.2 Å². The lowest BCUT2D eigenvalue weighted by Gasteiger charge is -2.11. The zero-order valence-electron chi connectivity index (χ0n) is 10.5. The van der Waals surface area contributed by atoms with Gasteiger partial charge in [0.05, 0.1) is 0 Å². The standard InChI is InChI=1S/C16H17BrO/c1-13(11-12-17)14-7-9-16(10-8-14)18-15-5-3-2-4-6-15/h2-10,13H,11-12H2,1H3. The molecule has 0 radical (unpaired) electrons. The Balaban J connectivity index is 2.04. The molecule has 0 aliphatic carbocycles. The van der Waals surface area contributed by atoms with E-state index in [0.29, 0.717) is 5.92 Å². The smallest absolute Gasteiger partial charge is 0.127 e. The normalized spacial score (nSPS) is 12.1. The molecule has 2 heteroatoms. The van der Waals surface area contributed by atoms with Crippen molar-refractivity contribution in [1.29, 1.82) is 0 Å². The number of benzene rings is 2. The highest BCUT2D eigenvalue weighted by Crippen LogP contribution is 2.25. The molecule has 1 unspecified atom stereocenters. The van der Waals surface area contributed by atoms with Gasteiger partial charge in [-0.3, -0.25) is 0 Å². The van der Waals surface area contributed by atoms with Gasteiger partial charge in [-0.1, -0.05) is 53.2 Å². The second kappa shape index (κ2) is 6.60. The molecule has 0 saturated heterocycles. The monoisotopic (exact) mass is 304 g/mol. The molecule has 0 heterocycles. The quantitative estimate of drug-likeness (QED) is 0.675. The molecule has 2 aromatic rings. The minimum atomic E-state index is 0.579. The summed E-state index contributed by atoms with van der Waals surface area (Å²) in [4.78, 5) is 0. The van der Waals surface area contributed by atoms with E-state index in [4.69, 9.17) is 4.74 Å². The first-order valence-corrected chi connectivity index (χ1v) is 7.30. The molecule has 2 rings (SSSR count). The van der Waals surface area contributed by atoms with Crippen LogP contribution < -0.4 is 4.74 Å². The summed E-state index contributed by atoms with van der Waals surface area (Å²) in [6.07, 6.45) is 1.15. The van der Waals surface area contributed by atoms with Crippen LogP contribution in [0, 0.1) is 0 Å². The number of hydrogen-bond acceptors (Lipinski definition) is 1. The summed E-state index contributed by atoms with van der Waals surface area (Å²) in [5, 5.41) is 1.04. The number of rotatable bonds is 5. The molecule has 2 aromatic carbocycles. The third-order valence-corrected chi connectivity index (χ3v) is 3.43. The fourth-order valence-electron chi connectivity index (χ4n) is 1.82. The molecular formula is C16H17BrO. The fraction of sp³-hybridized carbons (Fsp3) is 0.250. The van der Waals surface area contributed by atoms with Crippen LogP contribution in [0.3, 0.4) is 0 Å². The molecule has 0 amide bonds. The Morgan fingerprint density at radius 2 is 1.56 bits per heavy atom. The molecular weight excluding hydrogens is 288 g/mol. The maximum atomic E-state index is 5.76. The first kappa shape index (κ1) is 13.2. The fourth-order valence-corrected chi connectivity index (χ4v) is 2.51. The minimum Gasteiger partial charge on any atom is -0.457 e. The van der Waals surface area contributed by atoms with Gasteiger partial charge >= 0.3 is 0 Å². The molecule has 94 valence electrons. The lowest BCUT2D eigenvalue weighted by molar-refractivity contribution is 0.482. The van der Waals surface area contributed by atoms with Gasteiger partial charge in [0.1, 0.15) is 11.5 Å². The Morgan fingerprint density at radius 3 is 2.17 bits per heavy atom. The Hall–Kier alpha value is -1.28. The number of para-hydroxylation sites is 1. The van der Waals surface area contributed by atoms with Crippen LogP contribution in [-0.2, 0) is 0 Å². The predicted octanol–water partition coefficient (Wildman–Crippen LogP) is 5.37. The van der Waals surface area contributed by atoms with E-state index in [2.05, 4.69) is 35.0 Å². The van der Waals surface area contributed by atoms with Gasteiger partial charge in [-0.25, -0.2) is 0 Å². The van der Waals surface area contributed by atoms with Gasteiger partial charge in [0.2, 0.25) is 0 Å². The second-order valence-electron chi connectivity index (χ2n) is 4.36. The van der Waals surface area contributed by atoms with Crippen molar-refractivity contribution in [2.24, 2.45) is 0 Å².